The van der Waals surface area contributed by atoms with Crippen LogP contribution in [0.4, 0.5) is 0 Å². The third-order valence-electron chi connectivity index (χ3n) is 12.0. The smallest absolute Gasteiger partial charge is 0.328 e. The molecule has 0 aliphatic carbocycles. The van der Waals surface area contributed by atoms with Crippen LogP contribution in [-0.4, -0.2) is 103 Å². The number of benzene rings is 2. The number of nitrogens with one attached hydrogen (secondary N) is 6. The number of amides is 6. The molecule has 18 nitrogen and oxygen atoms in total. The Bertz CT molecular complexity index is 2200. The molecule has 378 valence electrons. The molecular weight excluding hydrogens is 912 g/mol. The number of aliphatic carboxylic acids is 1. The van der Waals surface area contributed by atoms with Crippen LogP contribution in [0.3, 0.4) is 0 Å². The zero-order chi connectivity index (χ0) is 51.2. The summed E-state index contributed by atoms with van der Waals surface area (Å²) in [5.74, 6) is -4.84. The summed E-state index contributed by atoms with van der Waals surface area (Å²) in [7, 11) is 1.49. The van der Waals surface area contributed by atoms with Gasteiger partial charge in [0, 0.05) is 44.7 Å². The van der Waals surface area contributed by atoms with Crippen LogP contribution in [0.2, 0.25) is 5.02 Å². The number of cyclic esters (lactones) is 1. The Kier molecular flexibility index (Phi) is 20.6. The minimum Gasteiger partial charge on any atom is -0.495 e. The molecule has 7 N–H and O–H groups in total. The summed E-state index contributed by atoms with van der Waals surface area (Å²) in [4.78, 5) is 104. The maximum atomic E-state index is 13.9. The number of methoxy groups -OCH3 is 1. The first-order valence-corrected chi connectivity index (χ1v) is 23.8. The number of halogens is 1. The predicted octanol–water partition coefficient (Wildman–Crippen LogP) is 4.21. The monoisotopic (exact) mass is 980 g/mol. The SMILES string of the molecule is COc1ccc(C[C@H]2NC(=O)C=CC[C@@H]([C@H](C)[C@H]3O[C@@H]3c3ccc(CNC(=O)[C@H](C)NC(=O)[C@@H](NC(=O)CCCC(=O)O)C(C)C)cc3)OC(=O)[C@H](CC(C)C)NC(=O)C(C)(C)CNC2=O)cc1Cl. The normalized spacial score (nSPS) is 22.2. The highest BCUT2D eigenvalue weighted by Gasteiger charge is 2.48. The number of rotatable bonds is 19. The van der Waals surface area contributed by atoms with Gasteiger partial charge >= 0.3 is 11.9 Å². The van der Waals surface area contributed by atoms with Gasteiger partial charge in [-0.3, -0.25) is 33.6 Å². The molecule has 1 fully saturated rings. The van der Waals surface area contributed by atoms with Crippen molar-refractivity contribution in [2.45, 2.75) is 143 Å². The molecule has 4 rings (SSSR count). The molecule has 2 heterocycles. The summed E-state index contributed by atoms with van der Waals surface area (Å²) in [6.45, 7) is 14.1. The van der Waals surface area contributed by atoms with E-state index in [0.717, 1.165) is 11.1 Å². The highest BCUT2D eigenvalue weighted by atomic mass is 35.5. The van der Waals surface area contributed by atoms with Crippen molar-refractivity contribution in [3.8, 4) is 5.75 Å². The number of hydrogen-bond donors (Lipinski definition) is 7. The second-order valence-electron chi connectivity index (χ2n) is 19.2. The molecule has 0 bridgehead atoms. The van der Waals surface area contributed by atoms with Gasteiger partial charge in [-0.2, -0.15) is 0 Å². The average Bonchev–Trinajstić information content (AvgIpc) is 4.09. The number of carboxylic acid groups (broad SMARTS) is 1. The molecule has 8 atom stereocenters. The van der Waals surface area contributed by atoms with Gasteiger partial charge < -0.3 is 51.2 Å². The molecule has 0 saturated carbocycles. The fourth-order valence-corrected chi connectivity index (χ4v) is 7.96. The van der Waals surface area contributed by atoms with Crippen molar-refractivity contribution < 1.29 is 57.7 Å². The number of esters is 1. The Balaban J connectivity index is 1.43. The lowest BCUT2D eigenvalue weighted by molar-refractivity contribution is -0.157. The molecule has 0 radical (unpaired) electrons. The van der Waals surface area contributed by atoms with Gasteiger partial charge in [-0.1, -0.05) is 82.6 Å². The lowest BCUT2D eigenvalue weighted by atomic mass is 9.90. The van der Waals surface area contributed by atoms with Crippen molar-refractivity contribution >= 4 is 59.0 Å². The summed E-state index contributed by atoms with van der Waals surface area (Å²) in [6.07, 6.45) is 1.78. The molecule has 6 amide bonds. The van der Waals surface area contributed by atoms with Crippen LogP contribution in [0.15, 0.2) is 54.6 Å². The van der Waals surface area contributed by atoms with Crippen molar-refractivity contribution in [2.75, 3.05) is 13.7 Å². The van der Waals surface area contributed by atoms with Gasteiger partial charge in [-0.05, 0) is 80.3 Å². The number of carbonyl (C=O) groups is 8. The Labute approximate surface area is 409 Å². The van der Waals surface area contributed by atoms with Gasteiger partial charge in [-0.15, -0.1) is 0 Å². The van der Waals surface area contributed by atoms with Crippen LogP contribution in [0.1, 0.15) is 110 Å². The number of ether oxygens (including phenoxy) is 3. The average molecular weight is 982 g/mol. The summed E-state index contributed by atoms with van der Waals surface area (Å²) < 4.78 is 17.6. The topological polar surface area (TPSA) is 260 Å². The molecule has 2 aromatic carbocycles. The third kappa shape index (κ3) is 17.2. The summed E-state index contributed by atoms with van der Waals surface area (Å²) in [6, 6.07) is 8.61. The van der Waals surface area contributed by atoms with Crippen molar-refractivity contribution in [1.82, 2.24) is 31.9 Å². The van der Waals surface area contributed by atoms with Crippen LogP contribution in [-0.2, 0) is 60.8 Å². The van der Waals surface area contributed by atoms with E-state index in [4.69, 9.17) is 30.9 Å². The van der Waals surface area contributed by atoms with E-state index in [0.29, 0.717) is 22.8 Å². The summed E-state index contributed by atoms with van der Waals surface area (Å²) in [5.41, 5.74) is 1.12. The fraction of sp³-hybridized carbons (Fsp3) is 0.560. The molecule has 0 spiro atoms. The van der Waals surface area contributed by atoms with E-state index < -0.39 is 83.1 Å². The molecule has 0 aromatic heterocycles. The standard InChI is InChI=1S/C50H69ClN6O12/c1-27(2)22-36-48(65)68-37(12-10-13-39(58)55-35(24-32-18-21-38(67-9)34(51)23-32)46(63)53-26-50(7,8)49(66)56-36)29(5)43-44(69-43)33-19-16-31(17-20-33)25-52-45(62)30(6)54-47(64)42(28(3)4)57-40(59)14-11-15-41(60)61/h10,13,16-21,23,27-30,35-37,42-44H,11-12,14-15,22,24-26H2,1-9H3,(H,52,62)(H,53,63)(H,54,64)(H,55,58)(H,56,66)(H,57,59)(H,60,61)/t29-,30-,35+,36-,37-,42-,43+,44+/m0/s1. The molecular formula is C50H69ClN6O12. The van der Waals surface area contributed by atoms with E-state index in [9.17, 15) is 38.4 Å². The van der Waals surface area contributed by atoms with Gasteiger partial charge in [0.1, 0.15) is 42.1 Å². The van der Waals surface area contributed by atoms with E-state index in [1.165, 1.54) is 20.1 Å². The second-order valence-corrected chi connectivity index (χ2v) is 19.6. The van der Waals surface area contributed by atoms with E-state index in [-0.39, 0.29) is 75.2 Å². The minimum atomic E-state index is -1.16. The third-order valence-corrected chi connectivity index (χ3v) is 12.3. The Morgan fingerprint density at radius 2 is 1.58 bits per heavy atom. The van der Waals surface area contributed by atoms with Crippen molar-refractivity contribution in [2.24, 2.45) is 23.2 Å². The zero-order valence-electron chi connectivity index (χ0n) is 40.9. The number of carboxylic acids is 1. The van der Waals surface area contributed by atoms with E-state index in [2.05, 4.69) is 31.9 Å². The maximum Gasteiger partial charge on any atom is 0.328 e. The molecule has 2 aromatic rings. The number of hydrogen-bond acceptors (Lipinski definition) is 11. The number of carbonyl (C=O) groups excluding carboxylic acids is 7. The Hall–Kier alpha value is -6.01. The van der Waals surface area contributed by atoms with Crippen molar-refractivity contribution in [3.63, 3.8) is 0 Å². The van der Waals surface area contributed by atoms with Gasteiger partial charge in [0.15, 0.2) is 0 Å². The van der Waals surface area contributed by atoms with Gasteiger partial charge in [0.25, 0.3) is 0 Å². The molecule has 1 saturated heterocycles. The molecule has 19 heteroatoms. The highest BCUT2D eigenvalue weighted by molar-refractivity contribution is 6.32. The van der Waals surface area contributed by atoms with Crippen LogP contribution < -0.4 is 36.6 Å². The number of epoxide rings is 1. The lowest BCUT2D eigenvalue weighted by Gasteiger charge is -2.30. The van der Waals surface area contributed by atoms with Crippen molar-refractivity contribution in [3.05, 3.63) is 76.3 Å². The highest BCUT2D eigenvalue weighted by Crippen LogP contribution is 2.45. The van der Waals surface area contributed by atoms with Crippen molar-refractivity contribution in [1.29, 1.82) is 0 Å². The molecule has 0 unspecified atom stereocenters. The van der Waals surface area contributed by atoms with Crippen LogP contribution in [0, 0.1) is 23.2 Å². The van der Waals surface area contributed by atoms with Crippen LogP contribution in [0.5, 0.6) is 5.75 Å². The summed E-state index contributed by atoms with van der Waals surface area (Å²) >= 11 is 6.37. The van der Waals surface area contributed by atoms with E-state index in [1.807, 2.05) is 45.0 Å². The Morgan fingerprint density at radius 3 is 2.20 bits per heavy atom. The Morgan fingerprint density at radius 1 is 0.899 bits per heavy atom. The predicted molar refractivity (Wildman–Crippen MR) is 256 cm³/mol. The van der Waals surface area contributed by atoms with E-state index in [1.54, 1.807) is 52.0 Å². The largest absolute Gasteiger partial charge is 0.495 e. The maximum absolute atomic E-state index is 13.9. The van der Waals surface area contributed by atoms with Gasteiger partial charge in [0.05, 0.1) is 23.7 Å². The lowest BCUT2D eigenvalue weighted by Crippen LogP contribution is -2.54. The zero-order valence-corrected chi connectivity index (χ0v) is 41.7. The fourth-order valence-electron chi connectivity index (χ4n) is 7.68. The summed E-state index contributed by atoms with van der Waals surface area (Å²) in [5, 5.41) is 25.7. The van der Waals surface area contributed by atoms with Crippen LogP contribution in [0.25, 0.3) is 0 Å². The van der Waals surface area contributed by atoms with E-state index >= 15 is 0 Å². The first-order chi connectivity index (χ1) is 32.5. The van der Waals surface area contributed by atoms with Gasteiger partial charge in [0.2, 0.25) is 35.4 Å². The molecule has 2 aliphatic rings. The minimum absolute atomic E-state index is 0.00728. The second kappa shape index (κ2) is 25.6. The molecule has 69 heavy (non-hydrogen) atoms. The molecule has 2 aliphatic heterocycles. The first-order valence-electron chi connectivity index (χ1n) is 23.4. The van der Waals surface area contributed by atoms with Crippen LogP contribution >= 0.6 is 11.6 Å². The quantitative estimate of drug-likeness (QED) is 0.0772. The van der Waals surface area contributed by atoms with Gasteiger partial charge in [-0.25, -0.2) is 4.79 Å². The first kappa shape index (κ1) is 55.6.